The van der Waals surface area contributed by atoms with Gasteiger partial charge in [0.25, 0.3) is 0 Å². The fourth-order valence-electron chi connectivity index (χ4n) is 2.93. The number of carboxylic acid groups (broad SMARTS) is 1. The molecule has 1 heterocycles. The summed E-state index contributed by atoms with van der Waals surface area (Å²) in [5.41, 5.74) is -0.581. The number of phenolic OH excluding ortho intramolecular Hbond substituents is 1. The Morgan fingerprint density at radius 3 is 2.26 bits per heavy atom. The van der Waals surface area contributed by atoms with Gasteiger partial charge in [-0.3, -0.25) is 0 Å². The molecular formula is C20H20O11. The van der Waals surface area contributed by atoms with Crippen molar-refractivity contribution in [2.75, 3.05) is 6.61 Å². The number of carbonyl (C=O) groups is 2. The van der Waals surface area contributed by atoms with Crippen LogP contribution in [0.25, 0.3) is 0 Å². The number of hydrogen-bond donors (Lipinski definition) is 6. The van der Waals surface area contributed by atoms with Crippen LogP contribution < -0.4 is 4.74 Å². The van der Waals surface area contributed by atoms with Crippen LogP contribution in [0.15, 0.2) is 42.5 Å². The number of hydrogen-bond acceptors (Lipinski definition) is 10. The van der Waals surface area contributed by atoms with Gasteiger partial charge in [-0.1, -0.05) is 12.1 Å². The number of aliphatic hydroxyl groups excluding tert-OH is 3. The van der Waals surface area contributed by atoms with Crippen LogP contribution in [0.1, 0.15) is 20.7 Å². The summed E-state index contributed by atoms with van der Waals surface area (Å²) in [6.07, 6.45) is -7.96. The lowest BCUT2D eigenvalue weighted by Crippen LogP contribution is -2.60. The fourth-order valence-corrected chi connectivity index (χ4v) is 2.93. The fraction of sp³-hybridized carbons (Fsp3) is 0.300. The summed E-state index contributed by atoms with van der Waals surface area (Å²) in [7, 11) is 0. The van der Waals surface area contributed by atoms with Gasteiger partial charge in [0.05, 0.1) is 0 Å². The molecule has 0 bridgehead atoms. The minimum Gasteiger partial charge on any atom is -0.507 e. The highest BCUT2D eigenvalue weighted by molar-refractivity contribution is 5.92. The number of esters is 1. The molecule has 0 aromatic heterocycles. The van der Waals surface area contributed by atoms with Crippen LogP contribution >= 0.6 is 0 Å². The normalized spacial score (nSPS) is 25.6. The van der Waals surface area contributed by atoms with Gasteiger partial charge in [0.15, 0.2) is 0 Å². The van der Waals surface area contributed by atoms with E-state index in [4.69, 9.17) is 19.3 Å². The molecule has 5 atom stereocenters. The van der Waals surface area contributed by atoms with Gasteiger partial charge in [0.2, 0.25) is 6.29 Å². The van der Waals surface area contributed by atoms with E-state index in [-0.39, 0.29) is 17.1 Å². The van der Waals surface area contributed by atoms with Gasteiger partial charge in [0.1, 0.15) is 59.4 Å². The molecule has 0 aliphatic carbocycles. The number of aliphatic hydroxyl groups is 3. The molecule has 11 heteroatoms. The highest BCUT2D eigenvalue weighted by Gasteiger charge is 2.45. The summed E-state index contributed by atoms with van der Waals surface area (Å²) in [4.78, 5) is 23.3. The number of aromatic carboxylic acids is 1. The van der Waals surface area contributed by atoms with Crippen LogP contribution in [-0.4, -0.2) is 79.9 Å². The third-order valence-electron chi connectivity index (χ3n) is 4.62. The number of carbonyl (C=O) groups excluding carboxylic acids is 1. The second kappa shape index (κ2) is 9.18. The second-order valence-corrected chi connectivity index (χ2v) is 6.73. The molecule has 6 N–H and O–H groups in total. The van der Waals surface area contributed by atoms with E-state index < -0.39 is 60.6 Å². The van der Waals surface area contributed by atoms with Gasteiger partial charge >= 0.3 is 11.9 Å². The zero-order chi connectivity index (χ0) is 22.7. The number of ether oxygens (including phenoxy) is 3. The smallest absolute Gasteiger partial charge is 0.342 e. The van der Waals surface area contributed by atoms with Gasteiger partial charge in [0, 0.05) is 0 Å². The molecule has 3 rings (SSSR count). The molecule has 2 aromatic carbocycles. The summed E-state index contributed by atoms with van der Waals surface area (Å²) in [6, 6.07) is 8.89. The van der Waals surface area contributed by atoms with Crippen LogP contribution in [-0.2, 0) is 9.47 Å². The van der Waals surface area contributed by atoms with Crippen molar-refractivity contribution in [3.8, 4) is 17.2 Å². The lowest BCUT2D eigenvalue weighted by molar-refractivity contribution is -0.277. The molecule has 0 radical (unpaired) electrons. The van der Waals surface area contributed by atoms with E-state index in [1.807, 2.05) is 0 Å². The standard InChI is InChI=1S/C20H20O11/c21-12-4-2-1-3-10(12)19(28)29-8-14-15(23)16(24)17(25)20(31-14)30-9-5-6-13(22)11(7-9)18(26)27/h1-7,14-17,20-25H,8H2,(H,26,27). The summed E-state index contributed by atoms with van der Waals surface area (Å²) in [5, 5.41) is 58.7. The largest absolute Gasteiger partial charge is 0.507 e. The molecule has 11 nitrogen and oxygen atoms in total. The summed E-state index contributed by atoms with van der Waals surface area (Å²) < 4.78 is 15.8. The van der Waals surface area contributed by atoms with E-state index in [0.29, 0.717) is 0 Å². The van der Waals surface area contributed by atoms with Crippen molar-refractivity contribution in [1.82, 2.24) is 0 Å². The Bertz CT molecular complexity index is 960. The van der Waals surface area contributed by atoms with Gasteiger partial charge in [-0.25, -0.2) is 9.59 Å². The van der Waals surface area contributed by atoms with Crippen molar-refractivity contribution in [2.24, 2.45) is 0 Å². The third-order valence-corrected chi connectivity index (χ3v) is 4.62. The van der Waals surface area contributed by atoms with Gasteiger partial charge in [-0.05, 0) is 30.3 Å². The Morgan fingerprint density at radius 2 is 1.58 bits per heavy atom. The van der Waals surface area contributed by atoms with E-state index in [2.05, 4.69) is 0 Å². The van der Waals surface area contributed by atoms with Crippen molar-refractivity contribution < 1.29 is 54.4 Å². The Hall–Kier alpha value is -3.38. The quantitative estimate of drug-likeness (QED) is 0.331. The lowest BCUT2D eigenvalue weighted by Gasteiger charge is -2.39. The van der Waals surface area contributed by atoms with Crippen molar-refractivity contribution in [3.05, 3.63) is 53.6 Å². The van der Waals surface area contributed by atoms with Crippen molar-refractivity contribution >= 4 is 11.9 Å². The van der Waals surface area contributed by atoms with E-state index in [0.717, 1.165) is 12.1 Å². The van der Waals surface area contributed by atoms with Crippen LogP contribution in [0.3, 0.4) is 0 Å². The van der Waals surface area contributed by atoms with Crippen LogP contribution in [0.2, 0.25) is 0 Å². The molecule has 1 saturated heterocycles. The van der Waals surface area contributed by atoms with E-state index >= 15 is 0 Å². The number of benzene rings is 2. The molecule has 1 aliphatic rings. The zero-order valence-corrected chi connectivity index (χ0v) is 15.9. The molecule has 2 aromatic rings. The number of phenols is 2. The first-order valence-corrected chi connectivity index (χ1v) is 9.06. The van der Waals surface area contributed by atoms with Crippen LogP contribution in [0.5, 0.6) is 17.2 Å². The molecule has 0 spiro atoms. The van der Waals surface area contributed by atoms with E-state index in [1.54, 1.807) is 0 Å². The highest BCUT2D eigenvalue weighted by Crippen LogP contribution is 2.28. The summed E-state index contributed by atoms with van der Waals surface area (Å²) in [5.74, 6) is -3.24. The highest BCUT2D eigenvalue weighted by atomic mass is 16.7. The minimum absolute atomic E-state index is 0.104. The Morgan fingerprint density at radius 1 is 0.903 bits per heavy atom. The van der Waals surface area contributed by atoms with Crippen LogP contribution in [0, 0.1) is 0 Å². The maximum atomic E-state index is 12.1. The minimum atomic E-state index is -1.73. The zero-order valence-electron chi connectivity index (χ0n) is 15.9. The predicted octanol–water partition coefficient (Wildman–Crippen LogP) is -0.161. The van der Waals surface area contributed by atoms with Crippen molar-refractivity contribution in [1.29, 1.82) is 0 Å². The molecular weight excluding hydrogens is 416 g/mol. The summed E-state index contributed by atoms with van der Waals surface area (Å²) in [6.45, 7) is -0.548. The maximum absolute atomic E-state index is 12.1. The van der Waals surface area contributed by atoms with Gasteiger partial charge in [-0.15, -0.1) is 0 Å². The molecule has 1 aliphatic heterocycles. The Balaban J connectivity index is 1.70. The number of para-hydroxylation sites is 1. The third kappa shape index (κ3) is 4.86. The monoisotopic (exact) mass is 436 g/mol. The van der Waals surface area contributed by atoms with E-state index in [1.165, 1.54) is 30.3 Å². The predicted molar refractivity (Wildman–Crippen MR) is 101 cm³/mol. The first-order valence-electron chi connectivity index (χ1n) is 9.06. The molecule has 0 amide bonds. The number of aromatic hydroxyl groups is 2. The SMILES string of the molecule is O=C(O)c1cc(OC2OC(COC(=O)c3ccccc3O)C(O)C(O)C2O)ccc1O. The molecule has 1 fully saturated rings. The molecule has 0 saturated carbocycles. The molecule has 5 unspecified atom stereocenters. The molecule has 31 heavy (non-hydrogen) atoms. The van der Waals surface area contributed by atoms with Crippen molar-refractivity contribution in [3.63, 3.8) is 0 Å². The van der Waals surface area contributed by atoms with Crippen LogP contribution in [0.4, 0.5) is 0 Å². The number of rotatable bonds is 6. The van der Waals surface area contributed by atoms with Gasteiger partial charge in [-0.2, -0.15) is 0 Å². The summed E-state index contributed by atoms with van der Waals surface area (Å²) >= 11 is 0. The maximum Gasteiger partial charge on any atom is 0.342 e. The van der Waals surface area contributed by atoms with E-state index in [9.17, 15) is 35.1 Å². The van der Waals surface area contributed by atoms with Gasteiger partial charge < -0.3 is 44.8 Å². The Labute approximate surface area is 175 Å². The van der Waals surface area contributed by atoms with Crippen molar-refractivity contribution in [2.45, 2.75) is 30.7 Å². The first-order chi connectivity index (χ1) is 14.7. The first kappa shape index (κ1) is 22.3. The Kier molecular flexibility index (Phi) is 6.61. The number of carboxylic acids is 1. The lowest BCUT2D eigenvalue weighted by atomic mass is 9.99. The second-order valence-electron chi connectivity index (χ2n) is 6.73. The average molecular weight is 436 g/mol. The topological polar surface area (TPSA) is 183 Å². The molecule has 166 valence electrons. The average Bonchev–Trinajstić information content (AvgIpc) is 2.74.